The summed E-state index contributed by atoms with van der Waals surface area (Å²) < 4.78 is 11.0. The number of aryl methyl sites for hydroxylation is 1. The molecule has 2 heterocycles. The summed E-state index contributed by atoms with van der Waals surface area (Å²) in [6.07, 6.45) is 2.99. The molecule has 0 atom stereocenters. The smallest absolute Gasteiger partial charge is 0.306 e. The molecule has 8 heteroatoms. The van der Waals surface area contributed by atoms with Crippen LogP contribution in [0.15, 0.2) is 29.6 Å². The van der Waals surface area contributed by atoms with Gasteiger partial charge in [-0.25, -0.2) is 4.98 Å². The fraction of sp³-hybridized carbons (Fsp3) is 0.560. The summed E-state index contributed by atoms with van der Waals surface area (Å²) in [5.74, 6) is 0.566. The summed E-state index contributed by atoms with van der Waals surface area (Å²) in [6, 6.07) is 7.70. The van der Waals surface area contributed by atoms with Crippen molar-refractivity contribution >= 4 is 23.2 Å². The number of amides is 1. The number of thiazole rings is 1. The van der Waals surface area contributed by atoms with E-state index in [1.54, 1.807) is 11.3 Å². The van der Waals surface area contributed by atoms with E-state index in [0.29, 0.717) is 12.2 Å². The number of hydrogen-bond donors (Lipinski definition) is 0. The van der Waals surface area contributed by atoms with Crippen LogP contribution < -0.4 is 4.74 Å². The van der Waals surface area contributed by atoms with Crippen molar-refractivity contribution in [3.8, 4) is 17.0 Å². The zero-order valence-corrected chi connectivity index (χ0v) is 21.0. The topological polar surface area (TPSA) is 72.0 Å². The first-order valence-corrected chi connectivity index (χ1v) is 12.4. The van der Waals surface area contributed by atoms with Gasteiger partial charge in [-0.2, -0.15) is 0 Å². The Kier molecular flexibility index (Phi) is 8.86. The van der Waals surface area contributed by atoms with Crippen molar-refractivity contribution in [3.63, 3.8) is 0 Å². The first-order chi connectivity index (χ1) is 15.7. The SMILES string of the molecule is CN1CCN(C(=O)COc2ccc(-c3csc(CCCCC(=O)OC(C)(C)C)n3)cc2)CC1. The molecule has 0 spiro atoms. The Hall–Kier alpha value is -2.45. The van der Waals surface area contributed by atoms with E-state index in [1.165, 1.54) is 0 Å². The maximum Gasteiger partial charge on any atom is 0.306 e. The Morgan fingerprint density at radius 1 is 1.06 bits per heavy atom. The van der Waals surface area contributed by atoms with Gasteiger partial charge in [0.25, 0.3) is 5.91 Å². The minimum Gasteiger partial charge on any atom is -0.484 e. The first-order valence-electron chi connectivity index (χ1n) is 11.6. The molecule has 1 aliphatic rings. The molecular weight excluding hydrogens is 438 g/mol. The Balaban J connectivity index is 1.41. The number of unbranched alkanes of at least 4 members (excludes halogenated alkanes) is 1. The lowest BCUT2D eigenvalue weighted by molar-refractivity contribution is -0.154. The molecule has 0 saturated carbocycles. The second kappa shape index (κ2) is 11.6. The highest BCUT2D eigenvalue weighted by molar-refractivity contribution is 7.09. The molecular formula is C25H35N3O4S. The van der Waals surface area contributed by atoms with E-state index in [0.717, 1.165) is 61.7 Å². The van der Waals surface area contributed by atoms with E-state index < -0.39 is 5.60 Å². The van der Waals surface area contributed by atoms with Gasteiger partial charge in [0.15, 0.2) is 6.61 Å². The third-order valence-corrected chi connectivity index (χ3v) is 6.27. The number of carbonyl (C=O) groups excluding carboxylic acids is 2. The zero-order valence-electron chi connectivity index (χ0n) is 20.1. The third kappa shape index (κ3) is 8.44. The highest BCUT2D eigenvalue weighted by Gasteiger charge is 2.19. The van der Waals surface area contributed by atoms with Crippen LogP contribution in [-0.4, -0.2) is 72.1 Å². The van der Waals surface area contributed by atoms with Crippen LogP contribution in [0.2, 0.25) is 0 Å². The molecule has 1 fully saturated rings. The van der Waals surface area contributed by atoms with Crippen molar-refractivity contribution in [1.29, 1.82) is 0 Å². The van der Waals surface area contributed by atoms with E-state index in [4.69, 9.17) is 14.5 Å². The molecule has 0 radical (unpaired) electrons. The maximum absolute atomic E-state index is 12.3. The highest BCUT2D eigenvalue weighted by atomic mass is 32.1. The molecule has 180 valence electrons. The molecule has 1 aliphatic heterocycles. The average molecular weight is 474 g/mol. The largest absolute Gasteiger partial charge is 0.484 e. The van der Waals surface area contributed by atoms with Crippen LogP contribution in [0.4, 0.5) is 0 Å². The van der Waals surface area contributed by atoms with Gasteiger partial charge in [0.2, 0.25) is 0 Å². The van der Waals surface area contributed by atoms with Crippen molar-refractivity contribution in [1.82, 2.24) is 14.8 Å². The number of carbonyl (C=O) groups is 2. The van der Waals surface area contributed by atoms with Crippen LogP contribution in [0.25, 0.3) is 11.3 Å². The summed E-state index contributed by atoms with van der Waals surface area (Å²) in [5.41, 5.74) is 1.52. The summed E-state index contributed by atoms with van der Waals surface area (Å²) in [4.78, 5) is 32.9. The lowest BCUT2D eigenvalue weighted by Crippen LogP contribution is -2.48. The van der Waals surface area contributed by atoms with Gasteiger partial charge < -0.3 is 19.3 Å². The fourth-order valence-electron chi connectivity index (χ4n) is 3.51. The Bertz CT molecular complexity index is 912. The van der Waals surface area contributed by atoms with E-state index >= 15 is 0 Å². The maximum atomic E-state index is 12.3. The molecule has 0 N–H and O–H groups in total. The van der Waals surface area contributed by atoms with Crippen molar-refractivity contribution in [2.24, 2.45) is 0 Å². The molecule has 3 rings (SSSR count). The van der Waals surface area contributed by atoms with Gasteiger partial charge in [0.05, 0.1) is 10.7 Å². The number of rotatable bonds is 9. The summed E-state index contributed by atoms with van der Waals surface area (Å²) in [5, 5.41) is 3.11. The molecule has 1 aromatic carbocycles. The van der Waals surface area contributed by atoms with Crippen LogP contribution in [-0.2, 0) is 20.7 Å². The van der Waals surface area contributed by atoms with Crippen LogP contribution >= 0.6 is 11.3 Å². The predicted molar refractivity (Wildman–Crippen MR) is 131 cm³/mol. The minimum absolute atomic E-state index is 0.0305. The van der Waals surface area contributed by atoms with Crippen molar-refractivity contribution < 1.29 is 19.1 Å². The molecule has 1 aromatic heterocycles. The van der Waals surface area contributed by atoms with Crippen LogP contribution in [0, 0.1) is 0 Å². The third-order valence-electron chi connectivity index (χ3n) is 5.36. The van der Waals surface area contributed by atoms with Gasteiger partial charge in [0.1, 0.15) is 11.4 Å². The van der Waals surface area contributed by atoms with Gasteiger partial charge in [-0.05, 0) is 71.3 Å². The molecule has 1 saturated heterocycles. The van der Waals surface area contributed by atoms with Gasteiger partial charge in [0, 0.05) is 43.5 Å². The number of aromatic nitrogens is 1. The zero-order chi connectivity index (χ0) is 23.8. The molecule has 0 aliphatic carbocycles. The Morgan fingerprint density at radius 3 is 2.42 bits per heavy atom. The van der Waals surface area contributed by atoms with Crippen molar-refractivity contribution in [2.75, 3.05) is 39.8 Å². The van der Waals surface area contributed by atoms with Gasteiger partial charge in [-0.15, -0.1) is 11.3 Å². The molecule has 0 bridgehead atoms. The molecule has 2 aromatic rings. The molecule has 7 nitrogen and oxygen atoms in total. The monoisotopic (exact) mass is 473 g/mol. The highest BCUT2D eigenvalue weighted by Crippen LogP contribution is 2.25. The number of piperazine rings is 1. The lowest BCUT2D eigenvalue weighted by Gasteiger charge is -2.32. The minimum atomic E-state index is -0.429. The summed E-state index contributed by atoms with van der Waals surface area (Å²) in [7, 11) is 2.07. The molecule has 33 heavy (non-hydrogen) atoms. The number of hydrogen-bond acceptors (Lipinski definition) is 7. The fourth-order valence-corrected chi connectivity index (χ4v) is 4.36. The predicted octanol–water partition coefficient (Wildman–Crippen LogP) is 4.02. The molecule has 0 unspecified atom stereocenters. The standard InChI is InChI=1S/C25H35N3O4S/c1-25(2,3)32-24(30)8-6-5-7-22-26-21(18-33-22)19-9-11-20(12-10-19)31-17-23(29)28-15-13-27(4)14-16-28/h9-12,18H,5-8,13-17H2,1-4H3. The number of likely N-dealkylation sites (N-methyl/N-ethyl adjacent to an activating group) is 1. The van der Waals surface area contributed by atoms with Crippen molar-refractivity contribution in [2.45, 2.75) is 52.1 Å². The second-order valence-electron chi connectivity index (χ2n) is 9.42. The van der Waals surface area contributed by atoms with Gasteiger partial charge in [-0.1, -0.05) is 0 Å². The Morgan fingerprint density at radius 2 is 1.76 bits per heavy atom. The van der Waals surface area contributed by atoms with E-state index in [9.17, 15) is 9.59 Å². The quantitative estimate of drug-likeness (QED) is 0.405. The first kappa shape index (κ1) is 25.2. The van der Waals surface area contributed by atoms with Gasteiger partial charge >= 0.3 is 5.97 Å². The lowest BCUT2D eigenvalue weighted by atomic mass is 10.1. The van der Waals surface area contributed by atoms with E-state index in [2.05, 4.69) is 17.3 Å². The average Bonchev–Trinajstić information content (AvgIpc) is 3.24. The van der Waals surface area contributed by atoms with E-state index in [-0.39, 0.29) is 18.5 Å². The number of ether oxygens (including phenoxy) is 2. The number of esters is 1. The van der Waals surface area contributed by atoms with Crippen LogP contribution in [0.5, 0.6) is 5.75 Å². The van der Waals surface area contributed by atoms with Crippen LogP contribution in [0.3, 0.4) is 0 Å². The van der Waals surface area contributed by atoms with Gasteiger partial charge in [-0.3, -0.25) is 9.59 Å². The number of nitrogens with zero attached hydrogens (tertiary/aromatic N) is 3. The number of benzene rings is 1. The van der Waals surface area contributed by atoms with Crippen molar-refractivity contribution in [3.05, 3.63) is 34.7 Å². The Labute approximate surface area is 200 Å². The second-order valence-corrected chi connectivity index (χ2v) is 10.4. The summed E-state index contributed by atoms with van der Waals surface area (Å²) in [6.45, 7) is 9.03. The van der Waals surface area contributed by atoms with E-state index in [1.807, 2.05) is 49.9 Å². The normalized spacial score (nSPS) is 14.8. The molecule has 1 amide bonds. The van der Waals surface area contributed by atoms with Crippen LogP contribution in [0.1, 0.15) is 45.0 Å². The summed E-state index contributed by atoms with van der Waals surface area (Å²) >= 11 is 1.64.